The van der Waals surface area contributed by atoms with Gasteiger partial charge in [0.25, 0.3) is 5.91 Å². The van der Waals surface area contributed by atoms with E-state index in [0.717, 1.165) is 11.6 Å². The fourth-order valence-corrected chi connectivity index (χ4v) is 13.4. The highest BCUT2D eigenvalue weighted by Crippen LogP contribution is 2.34. The highest BCUT2D eigenvalue weighted by Gasteiger charge is 2.39. The fourth-order valence-electron chi connectivity index (χ4n) is 12.4. The molecule has 0 radical (unpaired) electrons. The molecule has 3 aromatic carbocycles. The molecule has 40 heteroatoms. The van der Waals surface area contributed by atoms with Gasteiger partial charge in [-0.2, -0.15) is 9.78 Å². The fraction of sp³-hybridized carbons (Fsp3) is 0.487. The molecule has 1 aliphatic rings. The third-order valence-electron chi connectivity index (χ3n) is 18.7. The monoisotopic (exact) mass is 1660 g/mol. The molecule has 0 spiro atoms. The second kappa shape index (κ2) is 48.4. The number of nitrogens with two attached hydrogens (primary N) is 6. The highest BCUT2D eigenvalue weighted by molar-refractivity contribution is 7.99. The van der Waals surface area contributed by atoms with E-state index < -0.39 is 175 Å². The van der Waals surface area contributed by atoms with Crippen molar-refractivity contribution >= 4 is 118 Å². The Morgan fingerprint density at radius 1 is 0.619 bits per heavy atom. The SMILES string of the molecule is CNC(=O)c1ccccc1Sc1ccc2c(/C=C/c3ccccn3)nn(C(=O)N(CCNC(=O)[C@H](C)N)CCC(=O)N[C@@H](CCN)C(=O)N[C@H](C(=O)N[C@@H](CCN)C(=O)N[C@H]3CCNC(=O)[C@@H]([C@@H](C)O)NC(=O)[C@H](CCN)NC(=O)[C@H](CCN)NC(=O)[C@H](CC(C)C)NC(=O)[C@@H](Cc4ccccc4)NC(=O)[C@H](CCN)NC3=O)[C@@H](C)O)c2c1. The minimum absolute atomic E-state index is 0.00944. The maximum atomic E-state index is 15.1. The lowest BCUT2D eigenvalue weighted by Crippen LogP contribution is -2.62. The summed E-state index contributed by atoms with van der Waals surface area (Å²) in [5.41, 5.74) is 37.9. The van der Waals surface area contributed by atoms with Crippen molar-refractivity contribution in [1.29, 1.82) is 0 Å². The molecule has 1 fully saturated rings. The van der Waals surface area contributed by atoms with Crippen LogP contribution in [-0.2, 0) is 64.0 Å². The molecule has 0 aliphatic carbocycles. The van der Waals surface area contributed by atoms with E-state index >= 15 is 4.79 Å². The molecule has 3 heterocycles. The molecule has 118 heavy (non-hydrogen) atoms. The van der Waals surface area contributed by atoms with Crippen molar-refractivity contribution < 1.29 is 77.3 Å². The van der Waals surface area contributed by atoms with Crippen LogP contribution in [0, 0.1) is 5.92 Å². The lowest BCUT2D eigenvalue weighted by Gasteiger charge is -2.29. The molecule has 2 aromatic heterocycles. The van der Waals surface area contributed by atoms with Crippen molar-refractivity contribution in [2.24, 2.45) is 40.3 Å². The Morgan fingerprint density at radius 2 is 1.19 bits per heavy atom. The number of pyridine rings is 1. The largest absolute Gasteiger partial charge is 0.391 e. The van der Waals surface area contributed by atoms with E-state index in [1.54, 1.807) is 123 Å². The number of nitrogens with one attached hydrogen (secondary N) is 13. The van der Waals surface area contributed by atoms with Crippen molar-refractivity contribution in [3.05, 3.63) is 120 Å². The Kier molecular flexibility index (Phi) is 39.1. The summed E-state index contributed by atoms with van der Waals surface area (Å²) in [4.78, 5) is 206. The van der Waals surface area contributed by atoms with Crippen LogP contribution in [0.15, 0.2) is 107 Å². The topological polar surface area (TPSA) is 626 Å². The first kappa shape index (κ1) is 95.5. The van der Waals surface area contributed by atoms with Gasteiger partial charge in [-0.15, -0.1) is 0 Å². The summed E-state index contributed by atoms with van der Waals surface area (Å²) in [5, 5.41) is 60.7. The maximum Gasteiger partial charge on any atom is 0.345 e. The predicted octanol–water partition coefficient (Wildman–Crippen LogP) is -4.60. The van der Waals surface area contributed by atoms with E-state index in [1.165, 1.54) is 37.6 Å². The molecule has 642 valence electrons. The second-order valence-electron chi connectivity index (χ2n) is 28.6. The number of benzene rings is 3. The average Bonchev–Trinajstić information content (AvgIpc) is 1.62. The normalized spacial score (nSPS) is 19.7. The van der Waals surface area contributed by atoms with Gasteiger partial charge in [0.05, 0.1) is 40.7 Å². The van der Waals surface area contributed by atoms with Crippen LogP contribution in [0.4, 0.5) is 4.79 Å². The number of nitrogens with zero attached hydrogens (tertiary/aromatic N) is 4. The number of aliphatic hydroxyl groups excluding tert-OH is 2. The van der Waals surface area contributed by atoms with Gasteiger partial charge in [0, 0.05) is 67.4 Å². The number of hydrogen-bond acceptors (Lipinski definition) is 25. The second-order valence-corrected chi connectivity index (χ2v) is 29.7. The molecule has 13 atom stereocenters. The minimum Gasteiger partial charge on any atom is -0.391 e. The zero-order chi connectivity index (χ0) is 86.7. The molecule has 27 N–H and O–H groups in total. The Hall–Kier alpha value is -11.4. The summed E-state index contributed by atoms with van der Waals surface area (Å²) in [6.45, 7) is 4.98. The third-order valence-corrected chi connectivity index (χ3v) is 19.8. The Labute approximate surface area is 687 Å². The molecule has 1 aliphatic heterocycles. The Morgan fingerprint density at radius 3 is 1.78 bits per heavy atom. The van der Waals surface area contributed by atoms with E-state index in [9.17, 15) is 72.5 Å². The van der Waals surface area contributed by atoms with Gasteiger partial charge in [-0.05, 0) is 165 Å². The zero-order valence-electron chi connectivity index (χ0n) is 67.0. The van der Waals surface area contributed by atoms with Gasteiger partial charge < -0.3 is 119 Å². The van der Waals surface area contributed by atoms with Gasteiger partial charge >= 0.3 is 6.03 Å². The van der Waals surface area contributed by atoms with Crippen molar-refractivity contribution in [1.82, 2.24) is 88.8 Å². The molecule has 14 amide bonds. The first-order chi connectivity index (χ1) is 56.3. The molecular weight excluding hydrogens is 1550 g/mol. The van der Waals surface area contributed by atoms with Crippen LogP contribution in [0.3, 0.4) is 0 Å². The maximum absolute atomic E-state index is 15.1. The van der Waals surface area contributed by atoms with Gasteiger partial charge in [0.15, 0.2) is 0 Å². The van der Waals surface area contributed by atoms with Crippen LogP contribution in [-0.4, -0.2) is 257 Å². The van der Waals surface area contributed by atoms with E-state index in [2.05, 4.69) is 74.1 Å². The Bertz CT molecular complexity index is 4290. The smallest absolute Gasteiger partial charge is 0.345 e. The van der Waals surface area contributed by atoms with Crippen molar-refractivity contribution in [2.75, 3.05) is 66.0 Å². The highest BCUT2D eigenvalue weighted by atomic mass is 32.2. The summed E-state index contributed by atoms with van der Waals surface area (Å²) in [7, 11) is 1.51. The zero-order valence-corrected chi connectivity index (χ0v) is 67.8. The third kappa shape index (κ3) is 29.4. The van der Waals surface area contributed by atoms with Gasteiger partial charge in [0.2, 0.25) is 70.9 Å². The summed E-state index contributed by atoms with van der Waals surface area (Å²) in [6.07, 6.45) is -0.837. The van der Waals surface area contributed by atoms with E-state index in [1.807, 2.05) is 0 Å². The van der Waals surface area contributed by atoms with E-state index in [-0.39, 0.29) is 109 Å². The molecular formula is C78H113N23O16S. The van der Waals surface area contributed by atoms with Crippen LogP contribution >= 0.6 is 11.8 Å². The van der Waals surface area contributed by atoms with Gasteiger partial charge in [-0.25, -0.2) is 4.79 Å². The number of aliphatic hydroxyl groups is 2. The van der Waals surface area contributed by atoms with Crippen LogP contribution in [0.25, 0.3) is 23.1 Å². The predicted molar refractivity (Wildman–Crippen MR) is 439 cm³/mol. The van der Waals surface area contributed by atoms with Gasteiger partial charge in [0.1, 0.15) is 60.4 Å². The number of fused-ring (bicyclic) bond motifs is 1. The van der Waals surface area contributed by atoms with Crippen LogP contribution in [0.1, 0.15) is 113 Å². The molecule has 1 saturated heterocycles. The van der Waals surface area contributed by atoms with Crippen molar-refractivity contribution in [3.63, 3.8) is 0 Å². The van der Waals surface area contributed by atoms with Crippen LogP contribution in [0.5, 0.6) is 0 Å². The number of aromatic nitrogens is 3. The summed E-state index contributed by atoms with van der Waals surface area (Å²) in [5.74, 6) is -11.9. The lowest BCUT2D eigenvalue weighted by atomic mass is 10.00. The van der Waals surface area contributed by atoms with Gasteiger partial charge in [-0.1, -0.05) is 74.1 Å². The van der Waals surface area contributed by atoms with E-state index in [4.69, 9.17) is 39.5 Å². The van der Waals surface area contributed by atoms with Crippen LogP contribution in [0.2, 0.25) is 0 Å². The van der Waals surface area contributed by atoms with Crippen LogP contribution < -0.4 is 104 Å². The molecule has 5 aromatic rings. The first-order valence-electron chi connectivity index (χ1n) is 39.0. The van der Waals surface area contributed by atoms with Gasteiger partial charge in [-0.3, -0.25) is 67.3 Å². The number of amides is 14. The molecule has 0 unspecified atom stereocenters. The summed E-state index contributed by atoms with van der Waals surface area (Å²) < 4.78 is 1.14. The Balaban J connectivity index is 1.26. The summed E-state index contributed by atoms with van der Waals surface area (Å²) in [6, 6.07) is 8.48. The average molecular weight is 1660 g/mol. The quantitative estimate of drug-likeness (QED) is 0.0181. The molecule has 6 rings (SSSR count). The number of hydrogen-bond donors (Lipinski definition) is 21. The minimum atomic E-state index is -1.89. The number of rotatable bonds is 35. The summed E-state index contributed by atoms with van der Waals surface area (Å²) >= 11 is 1.26. The molecule has 0 bridgehead atoms. The van der Waals surface area contributed by atoms with Crippen molar-refractivity contribution in [3.8, 4) is 0 Å². The number of carbonyl (C=O) groups is 14. The standard InChI is InChI=1S/C78H113N23O16S/c1-43(2)40-59-74(113)92-54(24-31-80)68(107)91-57(27-34-83)73(112)97-64(45(4)102)76(115)87-36-28-58(71(110)90-55(25-32-81)70(109)96-60(75(114)95-59)41-47-14-8-7-9-15-47)93-69(108)56(26-33-82)94-77(116)65(46(5)103)98-72(111)53(23-30-79)89-63(104)29-38-100(39-37-88-66(105)44(3)84)78(117)101-61-42-49(118-62-18-11-10-17-51(62)67(106)85-6)20-21-50(61)52(99-101)22-19-48-16-12-13-35-86-48/h7-22,35,42-46,53-60,64-65,102-103H,23-34,36-41,79-84H2,1-6H3,(H,85,106)(H,87,115)(H,88,105)(H,89,104)(H,90,110)(H,91,107)(H,92,113)(H,93,108)(H,94,116)(H,95,114)(H,96,109)(H,97,112)(H,98,111)/b22-19+/t44-,45+,46+,53-,54-,55-,56-,57-,58-,59-,60+,64+,65-/m0/s1. The first-order valence-corrected chi connectivity index (χ1v) is 39.8. The molecule has 39 nitrogen and oxygen atoms in total. The molecule has 0 saturated carbocycles. The lowest BCUT2D eigenvalue weighted by molar-refractivity contribution is -0.137. The number of carbonyl (C=O) groups excluding carboxylic acids is 14. The van der Waals surface area contributed by atoms with Crippen molar-refractivity contribution in [2.45, 2.75) is 181 Å². The van der Waals surface area contributed by atoms with E-state index in [0.29, 0.717) is 43.2 Å².